The van der Waals surface area contributed by atoms with Crippen LogP contribution in [0.5, 0.6) is 11.8 Å². The molecule has 6 heteroatoms. The average molecular weight is 684 g/mol. The van der Waals surface area contributed by atoms with Crippen LogP contribution in [-0.2, 0) is 15.1 Å². The second-order valence-corrected chi connectivity index (χ2v) is 13.7. The number of hydrogen-bond acceptors (Lipinski definition) is 5. The Morgan fingerprint density at radius 2 is 0.880 bits per heavy atom. The summed E-state index contributed by atoms with van der Waals surface area (Å²) in [6.45, 7) is 2.84. The highest BCUT2D eigenvalue weighted by Gasteiger charge is 2.42. The zero-order valence-electron chi connectivity index (χ0n) is 30.3. The van der Waals surface area contributed by atoms with Gasteiger partial charge in [-0.2, -0.15) is 0 Å². The lowest BCUT2D eigenvalue weighted by atomic mass is 9.80. The largest absolute Gasteiger partial charge is 0.494 e. The Morgan fingerprint density at radius 3 is 1.26 bits per heavy atom. The Hall–Kier alpha value is -3.58. The van der Waals surface area contributed by atoms with E-state index in [1.54, 1.807) is 0 Å². The van der Waals surface area contributed by atoms with Crippen LogP contribution in [0, 0.1) is 0 Å². The van der Waals surface area contributed by atoms with Gasteiger partial charge < -0.3 is 24.8 Å². The normalized spacial score (nSPS) is 13.0. The van der Waals surface area contributed by atoms with E-state index >= 15 is 0 Å². The molecule has 3 N–H and O–H groups in total. The molecule has 2 atom stereocenters. The van der Waals surface area contributed by atoms with Gasteiger partial charge in [-0.25, -0.2) is 0 Å². The number of aromatic nitrogens is 1. The molecule has 1 heterocycles. The number of nitrogens with zero attached hydrogens (tertiary/aromatic N) is 1. The number of ether oxygens (including phenoxy) is 2. The minimum absolute atomic E-state index is 0.0458. The molecular formula is C44H61NO5. The van der Waals surface area contributed by atoms with Gasteiger partial charge in [0, 0.05) is 18.7 Å². The van der Waals surface area contributed by atoms with E-state index in [9.17, 15) is 15.3 Å². The van der Waals surface area contributed by atoms with Gasteiger partial charge in [-0.15, -0.1) is 0 Å². The van der Waals surface area contributed by atoms with Crippen molar-refractivity contribution < 1.29 is 24.8 Å². The molecule has 0 spiro atoms. The molecule has 3 aromatic carbocycles. The molecule has 50 heavy (non-hydrogen) atoms. The number of unbranched alkanes of at least 4 members (excludes halogenated alkanes) is 15. The monoisotopic (exact) mass is 683 g/mol. The first kappa shape index (κ1) is 39.2. The number of rotatable bonds is 26. The molecule has 0 saturated heterocycles. The van der Waals surface area contributed by atoms with E-state index in [4.69, 9.17) is 9.47 Å². The summed E-state index contributed by atoms with van der Waals surface area (Å²) in [5.41, 5.74) is 1.33. The van der Waals surface area contributed by atoms with E-state index in [1.165, 1.54) is 107 Å². The zero-order valence-corrected chi connectivity index (χ0v) is 30.3. The zero-order chi connectivity index (χ0) is 35.3. The summed E-state index contributed by atoms with van der Waals surface area (Å²) < 4.78 is 14.2. The number of aliphatic hydroxyl groups is 1. The summed E-state index contributed by atoms with van der Waals surface area (Å²) in [7, 11) is 0. The molecular weight excluding hydrogens is 622 g/mol. The van der Waals surface area contributed by atoms with Crippen LogP contribution < -0.4 is 0 Å². The predicted octanol–water partition coefficient (Wildman–Crippen LogP) is 11.0. The summed E-state index contributed by atoms with van der Waals surface area (Å²) >= 11 is 0. The fraction of sp³-hybridized carbons (Fsp3) is 0.500. The standard InChI is InChI=1S/C44H61NO5/c1-2-3-4-5-6-7-8-9-10-11-12-13-14-15-16-26-35-49-36-40(45-41(46)33-34-42(45)47)43(48)50-44(37-27-20-17-21-28-37,38-29-22-18-23-30-38)39-31-24-19-25-32-39/h17-25,27-34,40,43,46-48H,2-16,26,35-36H2,1H3. The van der Waals surface area contributed by atoms with Gasteiger partial charge in [0.15, 0.2) is 18.1 Å². The molecule has 0 saturated carbocycles. The van der Waals surface area contributed by atoms with Crippen molar-refractivity contribution in [3.05, 3.63) is 120 Å². The van der Waals surface area contributed by atoms with Crippen molar-refractivity contribution in [2.45, 2.75) is 128 Å². The maximum absolute atomic E-state index is 11.9. The first-order chi connectivity index (χ1) is 24.6. The molecule has 0 radical (unpaired) electrons. The number of hydrogen-bond donors (Lipinski definition) is 3. The van der Waals surface area contributed by atoms with Gasteiger partial charge in [-0.3, -0.25) is 4.57 Å². The fourth-order valence-electron chi connectivity index (χ4n) is 6.99. The van der Waals surface area contributed by atoms with Crippen molar-refractivity contribution in [2.75, 3.05) is 13.2 Å². The van der Waals surface area contributed by atoms with Crippen molar-refractivity contribution in [3.8, 4) is 11.8 Å². The Bertz CT molecular complexity index is 1310. The maximum atomic E-state index is 11.9. The van der Waals surface area contributed by atoms with Crippen LogP contribution in [0.25, 0.3) is 0 Å². The Labute approximate surface area is 301 Å². The van der Waals surface area contributed by atoms with E-state index in [1.807, 2.05) is 91.0 Å². The van der Waals surface area contributed by atoms with Crippen molar-refractivity contribution in [2.24, 2.45) is 0 Å². The Morgan fingerprint density at radius 1 is 0.520 bits per heavy atom. The number of aliphatic hydroxyl groups excluding tert-OH is 1. The molecule has 0 aliphatic rings. The minimum Gasteiger partial charge on any atom is -0.494 e. The van der Waals surface area contributed by atoms with Gasteiger partial charge in [0.1, 0.15) is 11.6 Å². The van der Waals surface area contributed by atoms with Gasteiger partial charge in [0.25, 0.3) is 0 Å². The maximum Gasteiger partial charge on any atom is 0.194 e. The molecule has 4 rings (SSSR count). The lowest BCUT2D eigenvalue weighted by Crippen LogP contribution is -2.41. The smallest absolute Gasteiger partial charge is 0.194 e. The molecule has 0 aliphatic heterocycles. The van der Waals surface area contributed by atoms with Crippen LogP contribution in [0.4, 0.5) is 0 Å². The Balaban J connectivity index is 1.30. The summed E-state index contributed by atoms with van der Waals surface area (Å²) in [6, 6.07) is 31.4. The topological polar surface area (TPSA) is 84.1 Å². The lowest BCUT2D eigenvalue weighted by molar-refractivity contribution is -0.191. The second kappa shape index (κ2) is 22.3. The Kier molecular flexibility index (Phi) is 17.5. The van der Waals surface area contributed by atoms with Crippen molar-refractivity contribution in [1.29, 1.82) is 0 Å². The molecule has 1 aromatic heterocycles. The molecule has 0 aliphatic carbocycles. The quantitative estimate of drug-likeness (QED) is 0.0348. The highest BCUT2D eigenvalue weighted by molar-refractivity contribution is 5.47. The van der Waals surface area contributed by atoms with Crippen LogP contribution >= 0.6 is 0 Å². The summed E-state index contributed by atoms with van der Waals surface area (Å²) in [5, 5.41) is 33.4. The second-order valence-electron chi connectivity index (χ2n) is 13.7. The third kappa shape index (κ3) is 11.8. The first-order valence-electron chi connectivity index (χ1n) is 19.3. The average Bonchev–Trinajstić information content (AvgIpc) is 3.49. The highest BCUT2D eigenvalue weighted by atomic mass is 16.6. The summed E-state index contributed by atoms with van der Waals surface area (Å²) in [4.78, 5) is 0. The molecule has 6 nitrogen and oxygen atoms in total. The van der Waals surface area contributed by atoms with Crippen LogP contribution in [0.2, 0.25) is 0 Å². The van der Waals surface area contributed by atoms with E-state index in [2.05, 4.69) is 6.92 Å². The SMILES string of the molecule is CCCCCCCCCCCCCCCCCCOCC(C(O)OC(c1ccccc1)(c1ccccc1)c1ccccc1)n1c(O)ccc1O. The van der Waals surface area contributed by atoms with Crippen molar-refractivity contribution in [1.82, 2.24) is 4.57 Å². The van der Waals surface area contributed by atoms with Crippen LogP contribution in [0.1, 0.15) is 132 Å². The number of aromatic hydroxyl groups is 2. The predicted molar refractivity (Wildman–Crippen MR) is 203 cm³/mol. The summed E-state index contributed by atoms with van der Waals surface area (Å²) in [5.74, 6) is -0.350. The van der Waals surface area contributed by atoms with Gasteiger partial charge in [-0.05, 0) is 23.1 Å². The fourth-order valence-corrected chi connectivity index (χ4v) is 6.99. The number of benzene rings is 3. The van der Waals surface area contributed by atoms with Gasteiger partial charge >= 0.3 is 0 Å². The molecule has 0 amide bonds. The van der Waals surface area contributed by atoms with Gasteiger partial charge in [-0.1, -0.05) is 194 Å². The third-order valence-electron chi connectivity index (χ3n) is 9.81. The lowest BCUT2D eigenvalue weighted by Gasteiger charge is -2.39. The van der Waals surface area contributed by atoms with Crippen LogP contribution in [0.15, 0.2) is 103 Å². The molecule has 272 valence electrons. The van der Waals surface area contributed by atoms with Crippen LogP contribution in [0.3, 0.4) is 0 Å². The van der Waals surface area contributed by atoms with E-state index in [0.717, 1.165) is 29.5 Å². The first-order valence-corrected chi connectivity index (χ1v) is 19.3. The molecule has 2 unspecified atom stereocenters. The van der Waals surface area contributed by atoms with E-state index in [-0.39, 0.29) is 18.4 Å². The van der Waals surface area contributed by atoms with Gasteiger partial charge in [0.2, 0.25) is 0 Å². The molecule has 4 aromatic rings. The molecule has 0 fully saturated rings. The van der Waals surface area contributed by atoms with E-state index in [0.29, 0.717) is 6.61 Å². The molecule has 0 bridgehead atoms. The summed E-state index contributed by atoms with van der Waals surface area (Å²) in [6.07, 6.45) is 19.4. The minimum atomic E-state index is -1.47. The van der Waals surface area contributed by atoms with Crippen molar-refractivity contribution >= 4 is 0 Å². The van der Waals surface area contributed by atoms with E-state index < -0.39 is 17.9 Å². The highest BCUT2D eigenvalue weighted by Crippen LogP contribution is 2.43. The van der Waals surface area contributed by atoms with Crippen molar-refractivity contribution in [3.63, 3.8) is 0 Å². The third-order valence-corrected chi connectivity index (χ3v) is 9.81. The van der Waals surface area contributed by atoms with Gasteiger partial charge in [0.05, 0.1) is 6.61 Å². The van der Waals surface area contributed by atoms with Crippen LogP contribution in [-0.4, -0.2) is 39.4 Å².